The van der Waals surface area contributed by atoms with E-state index in [4.69, 9.17) is 4.55 Å². The van der Waals surface area contributed by atoms with Gasteiger partial charge in [-0.3, -0.25) is 4.55 Å². The zero-order valence-electron chi connectivity index (χ0n) is 13.2. The molecule has 0 aromatic carbocycles. The van der Waals surface area contributed by atoms with E-state index < -0.39 is 10.1 Å². The molecule has 0 aliphatic heterocycles. The van der Waals surface area contributed by atoms with Crippen LogP contribution >= 0.6 is 0 Å². The Morgan fingerprint density at radius 3 is 1.37 bits per heavy atom. The van der Waals surface area contributed by atoms with E-state index in [1.807, 2.05) is 0 Å². The molecule has 3 nitrogen and oxygen atoms in total. The van der Waals surface area contributed by atoms with E-state index in [2.05, 4.69) is 6.92 Å². The Kier molecular flexibility index (Phi) is 19.8. The van der Waals surface area contributed by atoms with Crippen molar-refractivity contribution in [1.29, 1.82) is 0 Å². The SMILES string of the molecule is CCCCCCCCCCC[CH2][Na].CCS(=O)(=O)O. The number of hydrogen-bond acceptors (Lipinski definition) is 2. The molecule has 0 aliphatic carbocycles. The summed E-state index contributed by atoms with van der Waals surface area (Å²) in [5.74, 6) is -0.201. The zero-order valence-corrected chi connectivity index (χ0v) is 16.0. The fraction of sp³-hybridized carbons (Fsp3) is 1.00. The maximum absolute atomic E-state index is 9.56. The molecule has 0 aliphatic rings. The molecule has 0 bridgehead atoms. The summed E-state index contributed by atoms with van der Waals surface area (Å²) >= 11 is 1.41. The molecule has 0 radical (unpaired) electrons. The Hall–Kier alpha value is 0.910. The van der Waals surface area contributed by atoms with Gasteiger partial charge in [0.2, 0.25) is 0 Å². The zero-order chi connectivity index (χ0) is 15.0. The monoisotopic (exact) mass is 302 g/mol. The minimum Gasteiger partial charge on any atom is -0.286 e. The summed E-state index contributed by atoms with van der Waals surface area (Å²) in [6.45, 7) is 3.66. The van der Waals surface area contributed by atoms with Gasteiger partial charge in [-0.25, -0.2) is 0 Å². The van der Waals surface area contributed by atoms with Crippen molar-refractivity contribution in [3.63, 3.8) is 0 Å². The van der Waals surface area contributed by atoms with E-state index in [1.165, 1.54) is 103 Å². The van der Waals surface area contributed by atoms with Crippen molar-refractivity contribution in [1.82, 2.24) is 0 Å². The molecule has 0 aromatic rings. The summed E-state index contributed by atoms with van der Waals surface area (Å²) in [5.41, 5.74) is 0. The van der Waals surface area contributed by atoms with E-state index in [1.54, 1.807) is 0 Å². The molecular formula is C14H31NaO3S. The van der Waals surface area contributed by atoms with Crippen molar-refractivity contribution >= 4 is 38.0 Å². The van der Waals surface area contributed by atoms with E-state index >= 15 is 0 Å². The van der Waals surface area contributed by atoms with E-state index in [-0.39, 0.29) is 5.75 Å². The molecule has 0 fully saturated rings. The molecular weight excluding hydrogens is 271 g/mol. The average Bonchev–Trinajstić information content (AvgIpc) is 2.37. The molecule has 0 saturated carbocycles. The summed E-state index contributed by atoms with van der Waals surface area (Å²) in [6.07, 6.45) is 14.7. The normalized spacial score (nSPS) is 11.0. The molecule has 112 valence electrons. The molecule has 0 atom stereocenters. The van der Waals surface area contributed by atoms with Crippen LogP contribution in [0.1, 0.15) is 78.1 Å². The first kappa shape index (κ1) is 22.2. The third-order valence-electron chi connectivity index (χ3n) is 3.07. The van der Waals surface area contributed by atoms with Crippen LogP contribution in [0.2, 0.25) is 3.67 Å². The Balaban J connectivity index is 0. The molecule has 0 amide bonds. The molecule has 0 heterocycles. The van der Waals surface area contributed by atoms with Crippen LogP contribution < -0.4 is 0 Å². The molecule has 0 spiro atoms. The quantitative estimate of drug-likeness (QED) is 0.350. The van der Waals surface area contributed by atoms with Crippen LogP contribution in [0.15, 0.2) is 0 Å². The van der Waals surface area contributed by atoms with Crippen molar-refractivity contribution in [2.45, 2.75) is 81.7 Å². The number of unbranched alkanes of at least 4 members (excludes halogenated alkanes) is 9. The van der Waals surface area contributed by atoms with Gasteiger partial charge in [-0.1, -0.05) is 0 Å². The fourth-order valence-corrected chi connectivity index (χ4v) is 2.24. The Morgan fingerprint density at radius 1 is 0.789 bits per heavy atom. The summed E-state index contributed by atoms with van der Waals surface area (Å²) in [5, 5.41) is 0. The first-order valence-corrected chi connectivity index (χ1v) is 10.9. The fourth-order valence-electron chi connectivity index (χ4n) is 1.74. The van der Waals surface area contributed by atoms with Crippen LogP contribution in [0.4, 0.5) is 0 Å². The molecule has 0 unspecified atom stereocenters. The van der Waals surface area contributed by atoms with Gasteiger partial charge in [0.05, 0.1) is 5.75 Å². The summed E-state index contributed by atoms with van der Waals surface area (Å²) < 4.78 is 28.4. The maximum Gasteiger partial charge on any atom is 0.264 e. The molecule has 1 N–H and O–H groups in total. The molecule has 0 aromatic heterocycles. The molecule has 0 saturated heterocycles. The first-order chi connectivity index (χ1) is 8.97. The Labute approximate surface area is 138 Å². The minimum absolute atomic E-state index is 0.201. The second-order valence-corrected chi connectivity index (χ2v) is 7.79. The summed E-state index contributed by atoms with van der Waals surface area (Å²) in [7, 11) is -3.66. The smallest absolute Gasteiger partial charge is 0.264 e. The third-order valence-corrected chi connectivity index (χ3v) is 4.51. The number of hydrogen-bond donors (Lipinski definition) is 1. The topological polar surface area (TPSA) is 54.4 Å². The van der Waals surface area contributed by atoms with Crippen molar-refractivity contribution in [3.8, 4) is 0 Å². The minimum atomic E-state index is -3.66. The van der Waals surface area contributed by atoms with Gasteiger partial charge in [0.25, 0.3) is 10.1 Å². The van der Waals surface area contributed by atoms with Crippen LogP contribution in [-0.2, 0) is 10.1 Å². The van der Waals surface area contributed by atoms with Crippen molar-refractivity contribution in [2.75, 3.05) is 5.75 Å². The van der Waals surface area contributed by atoms with Crippen LogP contribution in [0, 0.1) is 0 Å². The van der Waals surface area contributed by atoms with Crippen LogP contribution in [0.5, 0.6) is 0 Å². The summed E-state index contributed by atoms with van der Waals surface area (Å²) in [4.78, 5) is 0. The van der Waals surface area contributed by atoms with Gasteiger partial charge < -0.3 is 0 Å². The summed E-state index contributed by atoms with van der Waals surface area (Å²) in [6, 6.07) is 0. The average molecular weight is 302 g/mol. The van der Waals surface area contributed by atoms with Crippen molar-refractivity contribution in [3.05, 3.63) is 0 Å². The van der Waals surface area contributed by atoms with Crippen LogP contribution in [0.25, 0.3) is 0 Å². The third kappa shape index (κ3) is 27.9. The van der Waals surface area contributed by atoms with Crippen LogP contribution in [0.3, 0.4) is 0 Å². The van der Waals surface area contributed by atoms with E-state index in [0.29, 0.717) is 0 Å². The van der Waals surface area contributed by atoms with Gasteiger partial charge in [-0.15, -0.1) is 0 Å². The first-order valence-electron chi connectivity index (χ1n) is 7.93. The van der Waals surface area contributed by atoms with E-state index in [9.17, 15) is 8.42 Å². The number of rotatable bonds is 11. The van der Waals surface area contributed by atoms with Gasteiger partial charge in [-0.05, 0) is 6.92 Å². The van der Waals surface area contributed by atoms with Crippen LogP contribution in [-0.4, -0.2) is 46.7 Å². The maximum atomic E-state index is 9.56. The van der Waals surface area contributed by atoms with Gasteiger partial charge >= 0.3 is 103 Å². The molecule has 19 heavy (non-hydrogen) atoms. The second-order valence-electron chi connectivity index (χ2n) is 5.05. The predicted molar refractivity (Wildman–Crippen MR) is 84.5 cm³/mol. The van der Waals surface area contributed by atoms with E-state index in [0.717, 1.165) is 0 Å². The Bertz CT molecular complexity index is 243. The van der Waals surface area contributed by atoms with Crippen molar-refractivity contribution < 1.29 is 13.0 Å². The van der Waals surface area contributed by atoms with Gasteiger partial charge in [-0.2, -0.15) is 8.42 Å². The van der Waals surface area contributed by atoms with Gasteiger partial charge in [0, 0.05) is 0 Å². The standard InChI is InChI=1S/C12H25.C2H6O3S.Na/c1-3-5-7-9-11-12-10-8-6-4-2;1-2-6(3,4)5;/h1,3-12H2,2H3;2H2,1H3,(H,3,4,5);. The Morgan fingerprint density at radius 2 is 1.11 bits per heavy atom. The largest absolute Gasteiger partial charge is 0.286 e. The van der Waals surface area contributed by atoms with Crippen molar-refractivity contribution in [2.24, 2.45) is 0 Å². The second kappa shape index (κ2) is 17.0. The predicted octanol–water partition coefficient (Wildman–Crippen LogP) is 4.39. The van der Waals surface area contributed by atoms with Gasteiger partial charge in [0.15, 0.2) is 0 Å². The molecule has 0 rings (SSSR count). The molecule has 5 heteroatoms. The van der Waals surface area contributed by atoms with Gasteiger partial charge in [0.1, 0.15) is 0 Å².